The Morgan fingerprint density at radius 3 is 2.63 bits per heavy atom. The zero-order valence-electron chi connectivity index (χ0n) is 20.0. The number of nitrogens with one attached hydrogen (secondary N) is 1. The molecule has 178 valence electrons. The number of thiazole rings is 1. The van der Waals surface area contributed by atoms with Gasteiger partial charge in [0.1, 0.15) is 5.69 Å². The maximum Gasteiger partial charge on any atom is 0.270 e. The number of carbonyl (C=O) groups is 1. The van der Waals surface area contributed by atoms with Crippen molar-refractivity contribution in [2.45, 2.75) is 38.1 Å². The molecule has 1 aliphatic heterocycles. The molecule has 0 unspecified atom stereocenters. The molecule has 1 atom stereocenters. The van der Waals surface area contributed by atoms with Crippen LogP contribution in [0.2, 0.25) is 0 Å². The first-order valence-corrected chi connectivity index (χ1v) is 13.6. The van der Waals surface area contributed by atoms with E-state index in [0.717, 1.165) is 43.9 Å². The molecule has 1 aromatic heterocycles. The molecule has 1 saturated heterocycles. The summed E-state index contributed by atoms with van der Waals surface area (Å²) >= 11 is 1.63. The molecule has 35 heavy (non-hydrogen) atoms. The molecule has 6 rings (SSSR count). The Morgan fingerprint density at radius 1 is 1.00 bits per heavy atom. The normalized spacial score (nSPS) is 18.6. The van der Waals surface area contributed by atoms with E-state index >= 15 is 0 Å². The van der Waals surface area contributed by atoms with Crippen LogP contribution in [-0.2, 0) is 19.4 Å². The monoisotopic (exact) mass is 481 g/mol. The van der Waals surface area contributed by atoms with Gasteiger partial charge in [-0.15, -0.1) is 11.3 Å². The first kappa shape index (κ1) is 22.4. The molecule has 4 nitrogen and oxygen atoms in total. The smallest absolute Gasteiger partial charge is 0.270 e. The van der Waals surface area contributed by atoms with Crippen molar-refractivity contribution in [3.05, 3.63) is 99.5 Å². The SMILES string of the molecule is O=C(NC[C@@H]1CCCN(Cc2cccc3ccccc23)C1)c1csc(C2Cc3ccccc3C2)n1. The fraction of sp³-hybridized carbons (Fsp3) is 0.333. The number of rotatable bonds is 6. The summed E-state index contributed by atoms with van der Waals surface area (Å²) in [6, 6.07) is 23.9. The molecule has 2 heterocycles. The molecule has 1 aliphatic carbocycles. The first-order chi connectivity index (χ1) is 17.2. The third kappa shape index (κ3) is 4.89. The second-order valence-electron chi connectivity index (χ2n) is 10.0. The summed E-state index contributed by atoms with van der Waals surface area (Å²) in [5, 5.41) is 8.85. The van der Waals surface area contributed by atoms with Crippen LogP contribution in [0.25, 0.3) is 10.8 Å². The van der Waals surface area contributed by atoms with Gasteiger partial charge in [0.05, 0.1) is 5.01 Å². The van der Waals surface area contributed by atoms with Crippen LogP contribution in [0.5, 0.6) is 0 Å². The zero-order chi connectivity index (χ0) is 23.6. The summed E-state index contributed by atoms with van der Waals surface area (Å²) < 4.78 is 0. The number of amides is 1. The molecule has 5 heteroatoms. The van der Waals surface area contributed by atoms with E-state index in [2.05, 4.69) is 76.9 Å². The van der Waals surface area contributed by atoms with Gasteiger partial charge >= 0.3 is 0 Å². The van der Waals surface area contributed by atoms with E-state index in [-0.39, 0.29) is 5.91 Å². The van der Waals surface area contributed by atoms with Crippen molar-refractivity contribution in [3.8, 4) is 0 Å². The van der Waals surface area contributed by atoms with Gasteiger partial charge in [0.25, 0.3) is 5.91 Å². The van der Waals surface area contributed by atoms with Crippen molar-refractivity contribution in [2.75, 3.05) is 19.6 Å². The minimum atomic E-state index is -0.0332. The average Bonchev–Trinajstić information content (AvgIpc) is 3.55. The minimum Gasteiger partial charge on any atom is -0.350 e. The fourth-order valence-corrected chi connectivity index (χ4v) is 6.68. The molecule has 0 spiro atoms. The van der Waals surface area contributed by atoms with E-state index in [0.29, 0.717) is 24.1 Å². The number of hydrogen-bond donors (Lipinski definition) is 1. The predicted molar refractivity (Wildman–Crippen MR) is 143 cm³/mol. The van der Waals surface area contributed by atoms with Crippen LogP contribution in [0.3, 0.4) is 0 Å². The lowest BCUT2D eigenvalue weighted by atomic mass is 9.96. The van der Waals surface area contributed by atoms with E-state index < -0.39 is 0 Å². The Balaban J connectivity index is 1.04. The highest BCUT2D eigenvalue weighted by Crippen LogP contribution is 2.35. The second-order valence-corrected chi connectivity index (χ2v) is 10.9. The quantitative estimate of drug-likeness (QED) is 0.377. The number of likely N-dealkylation sites (tertiary alicyclic amines) is 1. The average molecular weight is 482 g/mol. The first-order valence-electron chi connectivity index (χ1n) is 12.7. The summed E-state index contributed by atoms with van der Waals surface area (Å²) in [4.78, 5) is 20.1. The van der Waals surface area contributed by atoms with Gasteiger partial charge in [-0.05, 0) is 65.6 Å². The van der Waals surface area contributed by atoms with Gasteiger partial charge in [0.15, 0.2) is 0 Å². The van der Waals surface area contributed by atoms with Gasteiger partial charge in [-0.3, -0.25) is 9.69 Å². The minimum absolute atomic E-state index is 0.0332. The molecule has 4 aromatic rings. The number of piperidine rings is 1. The van der Waals surface area contributed by atoms with Crippen LogP contribution in [0.15, 0.2) is 72.1 Å². The van der Waals surface area contributed by atoms with Crippen molar-refractivity contribution in [1.82, 2.24) is 15.2 Å². The summed E-state index contributed by atoms with van der Waals surface area (Å²) in [5.41, 5.74) is 4.80. The summed E-state index contributed by atoms with van der Waals surface area (Å²) in [6.07, 6.45) is 4.39. The van der Waals surface area contributed by atoms with Crippen molar-refractivity contribution in [1.29, 1.82) is 0 Å². The fourth-order valence-electron chi connectivity index (χ4n) is 5.77. The van der Waals surface area contributed by atoms with E-state index in [1.807, 2.05) is 5.38 Å². The second kappa shape index (κ2) is 9.92. The van der Waals surface area contributed by atoms with Crippen molar-refractivity contribution < 1.29 is 4.79 Å². The van der Waals surface area contributed by atoms with Crippen LogP contribution < -0.4 is 5.32 Å². The maximum absolute atomic E-state index is 12.9. The maximum atomic E-state index is 12.9. The van der Waals surface area contributed by atoms with Gasteiger partial charge in [0.2, 0.25) is 0 Å². The number of aromatic nitrogens is 1. The molecule has 2 aliphatic rings. The van der Waals surface area contributed by atoms with E-state index in [1.54, 1.807) is 11.3 Å². The largest absolute Gasteiger partial charge is 0.350 e. The van der Waals surface area contributed by atoms with Gasteiger partial charge in [-0.2, -0.15) is 0 Å². The molecular formula is C30H31N3OS. The van der Waals surface area contributed by atoms with Crippen LogP contribution in [-0.4, -0.2) is 35.4 Å². The highest BCUT2D eigenvalue weighted by atomic mass is 32.1. The molecule has 1 N–H and O–H groups in total. The van der Waals surface area contributed by atoms with E-state index in [1.165, 1.54) is 33.9 Å². The standard InChI is InChI=1S/C30H31N3OS/c34-29(28-20-35-30(32-28)26-15-23-9-1-2-10-24(23)16-26)31-17-21-7-6-14-33(18-21)19-25-12-5-11-22-8-3-4-13-27(22)25/h1-5,8-13,20-21,26H,6-7,14-19H2,(H,31,34)/t21-/m0/s1. The van der Waals surface area contributed by atoms with Gasteiger partial charge in [0, 0.05) is 30.9 Å². The lowest BCUT2D eigenvalue weighted by Gasteiger charge is -2.33. The molecule has 0 radical (unpaired) electrons. The van der Waals surface area contributed by atoms with Crippen LogP contribution >= 0.6 is 11.3 Å². The highest BCUT2D eigenvalue weighted by Gasteiger charge is 2.26. The number of fused-ring (bicyclic) bond motifs is 2. The lowest BCUT2D eigenvalue weighted by Crippen LogP contribution is -2.40. The van der Waals surface area contributed by atoms with Crippen molar-refractivity contribution in [3.63, 3.8) is 0 Å². The molecule has 0 bridgehead atoms. The summed E-state index contributed by atoms with van der Waals surface area (Å²) in [7, 11) is 0. The molecule has 0 saturated carbocycles. The third-order valence-corrected chi connectivity index (χ3v) is 8.59. The molecule has 1 amide bonds. The van der Waals surface area contributed by atoms with Crippen LogP contribution in [0.4, 0.5) is 0 Å². The predicted octanol–water partition coefficient (Wildman–Crippen LogP) is 5.82. The summed E-state index contributed by atoms with van der Waals surface area (Å²) in [6.45, 7) is 3.82. The molecule has 1 fully saturated rings. The number of hydrogen-bond acceptors (Lipinski definition) is 4. The van der Waals surface area contributed by atoms with Gasteiger partial charge in [-0.25, -0.2) is 4.98 Å². The Hall–Kier alpha value is -3.02. The number of benzene rings is 3. The summed E-state index contributed by atoms with van der Waals surface area (Å²) in [5.74, 6) is 0.847. The Kier molecular flexibility index (Phi) is 6.36. The van der Waals surface area contributed by atoms with Gasteiger partial charge in [-0.1, -0.05) is 66.7 Å². The molecule has 3 aromatic carbocycles. The van der Waals surface area contributed by atoms with Crippen molar-refractivity contribution >= 4 is 28.0 Å². The number of nitrogens with zero attached hydrogens (tertiary/aromatic N) is 2. The Bertz CT molecular complexity index is 1320. The zero-order valence-corrected chi connectivity index (χ0v) is 20.8. The number of carbonyl (C=O) groups excluding carboxylic acids is 1. The van der Waals surface area contributed by atoms with E-state index in [4.69, 9.17) is 4.98 Å². The highest BCUT2D eigenvalue weighted by molar-refractivity contribution is 7.09. The Labute approximate surface area is 211 Å². The lowest BCUT2D eigenvalue weighted by molar-refractivity contribution is 0.0926. The van der Waals surface area contributed by atoms with Crippen LogP contribution in [0, 0.1) is 5.92 Å². The Morgan fingerprint density at radius 2 is 1.77 bits per heavy atom. The van der Waals surface area contributed by atoms with Gasteiger partial charge < -0.3 is 5.32 Å². The third-order valence-electron chi connectivity index (χ3n) is 7.58. The van der Waals surface area contributed by atoms with Crippen LogP contribution in [0.1, 0.15) is 50.9 Å². The van der Waals surface area contributed by atoms with E-state index in [9.17, 15) is 4.79 Å². The topological polar surface area (TPSA) is 45.2 Å². The molecular weight excluding hydrogens is 450 g/mol. The van der Waals surface area contributed by atoms with Crippen molar-refractivity contribution in [2.24, 2.45) is 5.92 Å².